The summed E-state index contributed by atoms with van der Waals surface area (Å²) in [6.07, 6.45) is 2.38. The second kappa shape index (κ2) is 6.62. The summed E-state index contributed by atoms with van der Waals surface area (Å²) < 4.78 is 0. The van der Waals surface area contributed by atoms with Gasteiger partial charge in [-0.2, -0.15) is 5.10 Å². The molecule has 1 amide bonds. The Hall–Kier alpha value is -3.16. The van der Waals surface area contributed by atoms with Gasteiger partial charge in [-0.05, 0) is 18.9 Å². The Labute approximate surface area is 150 Å². The van der Waals surface area contributed by atoms with Crippen molar-refractivity contribution in [2.75, 3.05) is 25.0 Å². The minimum Gasteiger partial charge on any atom is -0.465 e. The van der Waals surface area contributed by atoms with Crippen LogP contribution in [0, 0.1) is 0 Å². The highest BCUT2D eigenvalue weighted by atomic mass is 16.4. The number of carbonyl (C=O) groups is 1. The fourth-order valence-corrected chi connectivity index (χ4v) is 3.53. The highest BCUT2D eigenvalue weighted by molar-refractivity contribution is 5.99. The van der Waals surface area contributed by atoms with Gasteiger partial charge in [0.2, 0.25) is 0 Å². The summed E-state index contributed by atoms with van der Waals surface area (Å²) in [7, 11) is 1.64. The Morgan fingerprint density at radius 3 is 2.58 bits per heavy atom. The number of hydrogen-bond acceptors (Lipinski definition) is 5. The van der Waals surface area contributed by atoms with E-state index in [1.54, 1.807) is 13.2 Å². The van der Waals surface area contributed by atoms with E-state index >= 15 is 0 Å². The van der Waals surface area contributed by atoms with Crippen LogP contribution in [0.4, 0.5) is 10.6 Å². The zero-order valence-electron chi connectivity index (χ0n) is 14.5. The fourth-order valence-electron chi connectivity index (χ4n) is 3.53. The van der Waals surface area contributed by atoms with Crippen LogP contribution in [0.15, 0.2) is 36.5 Å². The molecular formula is C18H20N6O2. The molecule has 1 fully saturated rings. The van der Waals surface area contributed by atoms with E-state index in [4.69, 9.17) is 5.11 Å². The van der Waals surface area contributed by atoms with Gasteiger partial charge in [0, 0.05) is 43.1 Å². The molecule has 0 saturated carbocycles. The summed E-state index contributed by atoms with van der Waals surface area (Å²) in [5.41, 5.74) is 1.62. The van der Waals surface area contributed by atoms with E-state index in [0.29, 0.717) is 0 Å². The lowest BCUT2D eigenvalue weighted by molar-refractivity contribution is 0.131. The molecule has 2 aromatic heterocycles. The van der Waals surface area contributed by atoms with Crippen molar-refractivity contribution in [1.82, 2.24) is 25.3 Å². The number of fused-ring (bicyclic) bond motifs is 1. The Balaban J connectivity index is 1.65. The molecule has 0 spiro atoms. The number of rotatable bonds is 3. The fraction of sp³-hybridized carbons (Fsp3) is 0.333. The maximum Gasteiger partial charge on any atom is 0.407 e. The number of nitrogens with one attached hydrogen (secondary N) is 1. The van der Waals surface area contributed by atoms with E-state index < -0.39 is 6.09 Å². The summed E-state index contributed by atoms with van der Waals surface area (Å²) in [5.74, 6) is 0.847. The summed E-state index contributed by atoms with van der Waals surface area (Å²) in [5, 5.41) is 27.1. The Morgan fingerprint density at radius 1 is 1.19 bits per heavy atom. The Kier molecular flexibility index (Phi) is 4.16. The average Bonchev–Trinajstić information content (AvgIpc) is 3.21. The molecule has 1 aliphatic rings. The van der Waals surface area contributed by atoms with Gasteiger partial charge in [-0.3, -0.25) is 5.10 Å². The maximum atomic E-state index is 11.2. The van der Waals surface area contributed by atoms with Gasteiger partial charge >= 0.3 is 6.09 Å². The minimum absolute atomic E-state index is 0.0484. The van der Waals surface area contributed by atoms with Gasteiger partial charge in [0.25, 0.3) is 0 Å². The van der Waals surface area contributed by atoms with Crippen molar-refractivity contribution in [3.8, 4) is 11.4 Å². The third kappa shape index (κ3) is 2.83. The molecule has 26 heavy (non-hydrogen) atoms. The molecule has 8 heteroatoms. The van der Waals surface area contributed by atoms with Gasteiger partial charge in [-0.25, -0.2) is 4.79 Å². The highest BCUT2D eigenvalue weighted by Crippen LogP contribution is 2.32. The standard InChI is InChI=1S/C18H20N6O2/c1-23(18(25)26)12-7-10-24(11-8-12)17-14-5-3-2-4-13(14)16(21-22-17)15-6-9-19-20-15/h2-6,9,12H,7-8,10-11H2,1H3,(H,19,20)(H,25,26). The van der Waals surface area contributed by atoms with Crippen LogP contribution in [-0.2, 0) is 0 Å². The molecule has 4 rings (SSSR count). The molecule has 2 N–H and O–H groups in total. The Morgan fingerprint density at radius 2 is 1.92 bits per heavy atom. The third-order valence-electron chi connectivity index (χ3n) is 5.04. The van der Waals surface area contributed by atoms with Gasteiger partial charge < -0.3 is 14.9 Å². The number of anilines is 1. The molecule has 0 bridgehead atoms. The van der Waals surface area contributed by atoms with Crippen molar-refractivity contribution in [3.05, 3.63) is 36.5 Å². The van der Waals surface area contributed by atoms with Gasteiger partial charge in [0.1, 0.15) is 5.69 Å². The first-order valence-electron chi connectivity index (χ1n) is 8.61. The second-order valence-electron chi connectivity index (χ2n) is 6.50. The molecular weight excluding hydrogens is 332 g/mol. The maximum absolute atomic E-state index is 11.2. The average molecular weight is 352 g/mol. The van der Waals surface area contributed by atoms with E-state index in [9.17, 15) is 4.79 Å². The molecule has 0 radical (unpaired) electrons. The molecule has 3 aromatic rings. The molecule has 0 unspecified atom stereocenters. The zero-order valence-corrected chi connectivity index (χ0v) is 14.5. The Bertz CT molecular complexity index is 919. The first kappa shape index (κ1) is 16.3. The topological polar surface area (TPSA) is 98.2 Å². The first-order valence-corrected chi connectivity index (χ1v) is 8.61. The summed E-state index contributed by atoms with van der Waals surface area (Å²) >= 11 is 0. The number of aromatic amines is 1. The van der Waals surface area contributed by atoms with Crippen LogP contribution in [0.3, 0.4) is 0 Å². The van der Waals surface area contributed by atoms with Gasteiger partial charge in [0.05, 0.1) is 5.69 Å². The highest BCUT2D eigenvalue weighted by Gasteiger charge is 2.27. The van der Waals surface area contributed by atoms with Gasteiger partial charge in [0.15, 0.2) is 5.82 Å². The van der Waals surface area contributed by atoms with Crippen LogP contribution in [0.1, 0.15) is 12.8 Å². The van der Waals surface area contributed by atoms with Crippen molar-refractivity contribution in [1.29, 1.82) is 0 Å². The number of amides is 1. The number of nitrogens with zero attached hydrogens (tertiary/aromatic N) is 5. The van der Waals surface area contributed by atoms with Crippen LogP contribution in [0.5, 0.6) is 0 Å². The van der Waals surface area contributed by atoms with E-state index in [1.165, 1.54) is 4.90 Å². The summed E-state index contributed by atoms with van der Waals surface area (Å²) in [4.78, 5) is 14.8. The SMILES string of the molecule is CN(C(=O)O)C1CCN(c2nnc(-c3ccn[nH]3)c3ccccc23)CC1. The number of hydrogen-bond donors (Lipinski definition) is 2. The summed E-state index contributed by atoms with van der Waals surface area (Å²) in [6.45, 7) is 1.51. The number of piperidine rings is 1. The number of H-pyrrole nitrogens is 1. The molecule has 1 saturated heterocycles. The van der Waals surface area contributed by atoms with Gasteiger partial charge in [-0.15, -0.1) is 10.2 Å². The number of benzene rings is 1. The molecule has 0 atom stereocenters. The first-order chi connectivity index (χ1) is 12.6. The van der Waals surface area contributed by atoms with Crippen molar-refractivity contribution >= 4 is 22.7 Å². The monoisotopic (exact) mass is 352 g/mol. The van der Waals surface area contributed by atoms with E-state index in [1.807, 2.05) is 24.3 Å². The van der Waals surface area contributed by atoms with Crippen LogP contribution in [-0.4, -0.2) is 62.7 Å². The predicted octanol–water partition coefficient (Wildman–Crippen LogP) is 2.60. The number of aromatic nitrogens is 4. The normalized spacial score (nSPS) is 15.3. The van der Waals surface area contributed by atoms with Crippen molar-refractivity contribution in [3.63, 3.8) is 0 Å². The lowest BCUT2D eigenvalue weighted by atomic mass is 10.0. The lowest BCUT2D eigenvalue weighted by Gasteiger charge is -2.36. The van der Waals surface area contributed by atoms with Gasteiger partial charge in [-0.1, -0.05) is 24.3 Å². The zero-order chi connectivity index (χ0) is 18.1. The number of carboxylic acid groups (broad SMARTS) is 1. The van der Waals surface area contributed by atoms with Crippen molar-refractivity contribution in [2.45, 2.75) is 18.9 Å². The van der Waals surface area contributed by atoms with E-state index in [-0.39, 0.29) is 6.04 Å². The van der Waals surface area contributed by atoms with Crippen LogP contribution >= 0.6 is 0 Å². The van der Waals surface area contributed by atoms with Crippen LogP contribution in [0.25, 0.3) is 22.2 Å². The summed E-state index contributed by atoms with van der Waals surface area (Å²) in [6, 6.07) is 10.00. The van der Waals surface area contributed by atoms with Crippen molar-refractivity contribution in [2.24, 2.45) is 0 Å². The molecule has 1 aromatic carbocycles. The predicted molar refractivity (Wildman–Crippen MR) is 98.1 cm³/mol. The van der Waals surface area contributed by atoms with Crippen molar-refractivity contribution < 1.29 is 9.90 Å². The molecule has 3 heterocycles. The molecule has 0 aliphatic carbocycles. The largest absolute Gasteiger partial charge is 0.465 e. The quantitative estimate of drug-likeness (QED) is 0.752. The molecule has 134 valence electrons. The lowest BCUT2D eigenvalue weighted by Crippen LogP contribution is -2.45. The second-order valence-corrected chi connectivity index (χ2v) is 6.50. The third-order valence-corrected chi connectivity index (χ3v) is 5.04. The van der Waals surface area contributed by atoms with E-state index in [2.05, 4.69) is 31.4 Å². The minimum atomic E-state index is -0.877. The van der Waals surface area contributed by atoms with E-state index in [0.717, 1.165) is 53.9 Å². The smallest absolute Gasteiger partial charge is 0.407 e. The molecule has 1 aliphatic heterocycles. The molecule has 8 nitrogen and oxygen atoms in total. The van der Waals surface area contributed by atoms with Crippen LogP contribution < -0.4 is 4.90 Å². The van der Waals surface area contributed by atoms with Crippen LogP contribution in [0.2, 0.25) is 0 Å².